The molecule has 0 aromatic carbocycles. The van der Waals surface area contributed by atoms with Crippen LogP contribution in [0.5, 0.6) is 0 Å². The van der Waals surface area contributed by atoms with Crippen molar-refractivity contribution in [3.05, 3.63) is 11.2 Å². The predicted molar refractivity (Wildman–Crippen MR) is 70.2 cm³/mol. The maximum Gasteiger partial charge on any atom is 0.223 e. The molecule has 0 amide bonds. The van der Waals surface area contributed by atoms with Gasteiger partial charge in [0.15, 0.2) is 0 Å². The summed E-state index contributed by atoms with van der Waals surface area (Å²) in [6, 6.07) is 2.21. The van der Waals surface area contributed by atoms with E-state index in [1.807, 2.05) is 11.8 Å². The highest BCUT2D eigenvalue weighted by atomic mass is 35.5. The summed E-state index contributed by atoms with van der Waals surface area (Å²) in [7, 11) is 0. The number of nitrogens with two attached hydrogens (primary N) is 1. The topological polar surface area (TPSA) is 55.0 Å². The number of nitrogens with zero attached hydrogens (tertiary/aromatic N) is 3. The van der Waals surface area contributed by atoms with Crippen LogP contribution in [-0.2, 0) is 0 Å². The monoisotopic (exact) mass is 258 g/mol. The van der Waals surface area contributed by atoms with Gasteiger partial charge in [-0.3, -0.25) is 0 Å². The molecule has 1 aliphatic heterocycles. The number of anilines is 2. The Hall–Kier alpha value is -0.680. The van der Waals surface area contributed by atoms with E-state index < -0.39 is 0 Å². The molecular formula is C10H15ClN4S. The van der Waals surface area contributed by atoms with Crippen LogP contribution in [-0.4, -0.2) is 33.6 Å². The molecule has 2 atom stereocenters. The van der Waals surface area contributed by atoms with Crippen molar-refractivity contribution in [2.45, 2.75) is 25.1 Å². The van der Waals surface area contributed by atoms with Gasteiger partial charge in [-0.1, -0.05) is 18.5 Å². The summed E-state index contributed by atoms with van der Waals surface area (Å²) >= 11 is 7.87. The molecular weight excluding hydrogens is 244 g/mol. The van der Waals surface area contributed by atoms with E-state index in [-0.39, 0.29) is 5.95 Å². The number of nitrogen functional groups attached to an aromatic ring is 1. The van der Waals surface area contributed by atoms with Gasteiger partial charge in [0.25, 0.3) is 0 Å². The lowest BCUT2D eigenvalue weighted by molar-refractivity contribution is 0.620. The lowest BCUT2D eigenvalue weighted by Gasteiger charge is -2.38. The Bertz CT molecular complexity index is 367. The Morgan fingerprint density at radius 3 is 2.94 bits per heavy atom. The first-order valence-corrected chi connectivity index (χ1v) is 6.69. The van der Waals surface area contributed by atoms with Gasteiger partial charge in [0.2, 0.25) is 5.95 Å². The molecule has 1 aliphatic rings. The van der Waals surface area contributed by atoms with E-state index in [0.29, 0.717) is 16.4 Å². The standard InChI is InChI=1S/C10H15ClN4S/c1-6-7(2)16-4-3-15(6)9-5-8(11)13-10(12)14-9/h5-7H,3-4H2,1-2H3,(H2,12,13,14). The maximum absolute atomic E-state index is 5.89. The second-order valence-corrected chi connectivity index (χ2v) is 5.79. The fourth-order valence-electron chi connectivity index (χ4n) is 1.83. The fourth-order valence-corrected chi connectivity index (χ4v) is 3.11. The fraction of sp³-hybridized carbons (Fsp3) is 0.600. The van der Waals surface area contributed by atoms with Crippen LogP contribution in [0.4, 0.5) is 11.8 Å². The SMILES string of the molecule is CC1SCCN(c2cc(Cl)nc(N)n2)C1C. The molecule has 1 aromatic heterocycles. The molecule has 6 heteroatoms. The maximum atomic E-state index is 5.89. The van der Waals surface area contributed by atoms with Gasteiger partial charge < -0.3 is 10.6 Å². The van der Waals surface area contributed by atoms with Crippen molar-refractivity contribution in [1.29, 1.82) is 0 Å². The highest BCUT2D eigenvalue weighted by Gasteiger charge is 2.26. The van der Waals surface area contributed by atoms with Gasteiger partial charge >= 0.3 is 0 Å². The molecule has 1 fully saturated rings. The molecule has 2 heterocycles. The Morgan fingerprint density at radius 1 is 1.50 bits per heavy atom. The summed E-state index contributed by atoms with van der Waals surface area (Å²) in [5.74, 6) is 2.17. The average Bonchev–Trinajstić information content (AvgIpc) is 2.20. The van der Waals surface area contributed by atoms with Gasteiger partial charge in [0.05, 0.1) is 0 Å². The highest BCUT2D eigenvalue weighted by Crippen LogP contribution is 2.29. The molecule has 1 aromatic rings. The second kappa shape index (κ2) is 4.67. The van der Waals surface area contributed by atoms with Crippen molar-refractivity contribution in [2.24, 2.45) is 0 Å². The first-order chi connectivity index (χ1) is 7.58. The van der Waals surface area contributed by atoms with Crippen molar-refractivity contribution >= 4 is 35.1 Å². The quantitative estimate of drug-likeness (QED) is 0.782. The summed E-state index contributed by atoms with van der Waals surface area (Å²) < 4.78 is 0. The lowest BCUT2D eigenvalue weighted by Crippen LogP contribution is -2.45. The molecule has 4 nitrogen and oxygen atoms in total. The Labute approximate surface area is 105 Å². The summed E-state index contributed by atoms with van der Waals surface area (Å²) in [5.41, 5.74) is 5.61. The normalized spacial score (nSPS) is 25.8. The zero-order chi connectivity index (χ0) is 11.7. The van der Waals surface area contributed by atoms with E-state index in [1.54, 1.807) is 6.07 Å². The zero-order valence-corrected chi connectivity index (χ0v) is 10.9. The Kier molecular flexibility index (Phi) is 3.44. The van der Waals surface area contributed by atoms with Crippen LogP contribution >= 0.6 is 23.4 Å². The van der Waals surface area contributed by atoms with Crippen LogP contribution in [0, 0.1) is 0 Å². The number of thioether (sulfide) groups is 1. The number of rotatable bonds is 1. The molecule has 0 aliphatic carbocycles. The van der Waals surface area contributed by atoms with Crippen LogP contribution < -0.4 is 10.6 Å². The molecule has 2 rings (SSSR count). The van der Waals surface area contributed by atoms with Gasteiger partial charge in [0.1, 0.15) is 11.0 Å². The minimum Gasteiger partial charge on any atom is -0.368 e. The number of hydrogen-bond donors (Lipinski definition) is 1. The van der Waals surface area contributed by atoms with Crippen LogP contribution in [0.1, 0.15) is 13.8 Å². The van der Waals surface area contributed by atoms with Gasteiger partial charge in [-0.2, -0.15) is 16.7 Å². The van der Waals surface area contributed by atoms with Crippen molar-refractivity contribution in [3.63, 3.8) is 0 Å². The Balaban J connectivity index is 2.28. The second-order valence-electron chi connectivity index (χ2n) is 3.92. The predicted octanol–water partition coefficient (Wildman–Crippen LogP) is 2.04. The van der Waals surface area contributed by atoms with E-state index >= 15 is 0 Å². The van der Waals surface area contributed by atoms with Gasteiger partial charge in [0, 0.05) is 29.7 Å². The van der Waals surface area contributed by atoms with E-state index in [2.05, 4.69) is 28.7 Å². The molecule has 0 bridgehead atoms. The third-order valence-corrected chi connectivity index (χ3v) is 4.41. The van der Waals surface area contributed by atoms with Crippen molar-refractivity contribution < 1.29 is 0 Å². The average molecular weight is 259 g/mol. The van der Waals surface area contributed by atoms with E-state index in [0.717, 1.165) is 18.1 Å². The van der Waals surface area contributed by atoms with Crippen molar-refractivity contribution in [3.8, 4) is 0 Å². The summed E-state index contributed by atoms with van der Waals surface area (Å²) in [6.45, 7) is 5.40. The Morgan fingerprint density at radius 2 is 2.25 bits per heavy atom. The lowest BCUT2D eigenvalue weighted by atomic mass is 10.2. The molecule has 0 saturated carbocycles. The molecule has 88 valence electrons. The number of hydrogen-bond acceptors (Lipinski definition) is 5. The van der Waals surface area contributed by atoms with E-state index in [4.69, 9.17) is 17.3 Å². The molecule has 16 heavy (non-hydrogen) atoms. The van der Waals surface area contributed by atoms with Crippen LogP contribution in [0.25, 0.3) is 0 Å². The summed E-state index contributed by atoms with van der Waals surface area (Å²) in [6.07, 6.45) is 0. The largest absolute Gasteiger partial charge is 0.368 e. The molecule has 2 unspecified atom stereocenters. The molecule has 0 spiro atoms. The van der Waals surface area contributed by atoms with Gasteiger partial charge in [-0.25, -0.2) is 4.98 Å². The smallest absolute Gasteiger partial charge is 0.223 e. The molecule has 1 saturated heterocycles. The van der Waals surface area contributed by atoms with E-state index in [1.165, 1.54) is 0 Å². The first-order valence-electron chi connectivity index (χ1n) is 5.26. The van der Waals surface area contributed by atoms with Gasteiger partial charge in [-0.05, 0) is 6.92 Å². The molecule has 2 N–H and O–H groups in total. The number of aromatic nitrogens is 2. The van der Waals surface area contributed by atoms with Crippen LogP contribution in [0.3, 0.4) is 0 Å². The van der Waals surface area contributed by atoms with Crippen LogP contribution in [0.15, 0.2) is 6.07 Å². The highest BCUT2D eigenvalue weighted by molar-refractivity contribution is 8.00. The minimum absolute atomic E-state index is 0.237. The summed E-state index contributed by atoms with van der Waals surface area (Å²) in [5, 5.41) is 0.990. The molecule has 0 radical (unpaired) electrons. The zero-order valence-electron chi connectivity index (χ0n) is 9.35. The third kappa shape index (κ3) is 2.35. The van der Waals surface area contributed by atoms with Gasteiger partial charge in [-0.15, -0.1) is 0 Å². The first kappa shape index (κ1) is 11.8. The number of halogens is 1. The summed E-state index contributed by atoms with van der Waals surface area (Å²) in [4.78, 5) is 10.4. The van der Waals surface area contributed by atoms with Crippen molar-refractivity contribution in [2.75, 3.05) is 22.9 Å². The van der Waals surface area contributed by atoms with Crippen LogP contribution in [0.2, 0.25) is 5.15 Å². The van der Waals surface area contributed by atoms with E-state index in [9.17, 15) is 0 Å². The minimum atomic E-state index is 0.237. The third-order valence-electron chi connectivity index (χ3n) is 2.88. The van der Waals surface area contributed by atoms with Crippen molar-refractivity contribution in [1.82, 2.24) is 9.97 Å².